The van der Waals surface area contributed by atoms with E-state index in [1.807, 2.05) is 84.9 Å². The van der Waals surface area contributed by atoms with Crippen LogP contribution < -0.4 is 9.64 Å². The third-order valence-corrected chi connectivity index (χ3v) is 4.31. The molecule has 0 fully saturated rings. The Bertz CT molecular complexity index is 943. The molecular formula is C22H17NO2. The summed E-state index contributed by atoms with van der Waals surface area (Å²) >= 11 is 0. The Morgan fingerprint density at radius 1 is 0.800 bits per heavy atom. The summed E-state index contributed by atoms with van der Waals surface area (Å²) in [6.07, 6.45) is 2.05. The van der Waals surface area contributed by atoms with E-state index >= 15 is 0 Å². The minimum atomic E-state index is -0.0112. The van der Waals surface area contributed by atoms with Crippen LogP contribution in [0.4, 0.5) is 5.69 Å². The maximum absolute atomic E-state index is 13.0. The van der Waals surface area contributed by atoms with Crippen LogP contribution in [0.2, 0.25) is 0 Å². The van der Waals surface area contributed by atoms with Crippen molar-refractivity contribution < 1.29 is 9.53 Å². The minimum absolute atomic E-state index is 0.0112. The van der Waals surface area contributed by atoms with Gasteiger partial charge in [0.25, 0.3) is 5.91 Å². The van der Waals surface area contributed by atoms with Crippen molar-refractivity contribution in [3.63, 3.8) is 0 Å². The Kier molecular flexibility index (Phi) is 3.82. The summed E-state index contributed by atoms with van der Waals surface area (Å²) in [6, 6.07) is 25.3. The number of rotatable bonds is 3. The molecule has 3 nitrogen and oxygen atoms in total. The predicted octanol–water partition coefficient (Wildman–Crippen LogP) is 4.85. The summed E-state index contributed by atoms with van der Waals surface area (Å²) in [6.45, 7) is 0. The normalized spacial score (nSPS) is 14.7. The molecule has 1 heterocycles. The third kappa shape index (κ3) is 2.70. The van der Waals surface area contributed by atoms with E-state index in [1.165, 1.54) is 0 Å². The molecule has 3 aromatic carbocycles. The summed E-state index contributed by atoms with van der Waals surface area (Å²) in [7, 11) is 1.63. The van der Waals surface area contributed by atoms with Gasteiger partial charge in [0, 0.05) is 16.8 Å². The highest BCUT2D eigenvalue weighted by atomic mass is 16.5. The van der Waals surface area contributed by atoms with Gasteiger partial charge in [-0.1, -0.05) is 48.5 Å². The van der Waals surface area contributed by atoms with Gasteiger partial charge in [-0.05, 0) is 42.0 Å². The number of benzene rings is 3. The number of fused-ring (bicyclic) bond motifs is 1. The molecule has 3 aromatic rings. The highest BCUT2D eigenvalue weighted by molar-refractivity contribution is 6.24. The quantitative estimate of drug-likeness (QED) is 0.688. The molecule has 1 amide bonds. The van der Waals surface area contributed by atoms with Gasteiger partial charge in [-0.3, -0.25) is 9.69 Å². The number of carbonyl (C=O) groups excluding carboxylic acids is 1. The molecule has 0 saturated carbocycles. The third-order valence-electron chi connectivity index (χ3n) is 4.31. The Hall–Kier alpha value is -3.33. The van der Waals surface area contributed by atoms with Gasteiger partial charge in [0.2, 0.25) is 0 Å². The van der Waals surface area contributed by atoms with E-state index in [-0.39, 0.29) is 5.91 Å². The lowest BCUT2D eigenvalue weighted by atomic mass is 10.1. The minimum Gasteiger partial charge on any atom is -0.497 e. The maximum atomic E-state index is 13.0. The van der Waals surface area contributed by atoms with Crippen LogP contribution >= 0.6 is 0 Å². The van der Waals surface area contributed by atoms with Crippen molar-refractivity contribution in [3.8, 4) is 5.75 Å². The number of ether oxygens (including phenoxy) is 1. The van der Waals surface area contributed by atoms with E-state index in [4.69, 9.17) is 4.74 Å². The standard InChI is InChI=1S/C22H17NO2/c1-25-18-13-11-17(12-14-18)23-21(15-16-7-3-2-4-8-16)19-9-5-6-10-20(19)22(23)24/h2-15H,1H3. The smallest absolute Gasteiger partial charge is 0.263 e. The number of amides is 1. The lowest BCUT2D eigenvalue weighted by Crippen LogP contribution is -2.22. The van der Waals surface area contributed by atoms with Crippen LogP contribution in [0.15, 0.2) is 78.9 Å². The molecular weight excluding hydrogens is 310 g/mol. The van der Waals surface area contributed by atoms with Gasteiger partial charge in [0.1, 0.15) is 5.75 Å². The molecule has 122 valence electrons. The molecule has 0 aliphatic carbocycles. The number of hydrogen-bond acceptors (Lipinski definition) is 2. The highest BCUT2D eigenvalue weighted by Crippen LogP contribution is 2.38. The van der Waals surface area contributed by atoms with E-state index in [2.05, 4.69) is 0 Å². The summed E-state index contributed by atoms with van der Waals surface area (Å²) in [5.41, 5.74) is 4.44. The molecule has 0 atom stereocenters. The SMILES string of the molecule is COc1ccc(N2C(=O)c3ccccc3C2=Cc2ccccc2)cc1. The fraction of sp³-hybridized carbons (Fsp3) is 0.0455. The molecule has 0 unspecified atom stereocenters. The molecule has 0 spiro atoms. The van der Waals surface area contributed by atoms with Crippen LogP contribution in [-0.4, -0.2) is 13.0 Å². The molecule has 3 heteroatoms. The molecule has 4 rings (SSSR count). The lowest BCUT2D eigenvalue weighted by molar-refractivity contribution is 0.101. The van der Waals surface area contributed by atoms with Gasteiger partial charge < -0.3 is 4.74 Å². The Morgan fingerprint density at radius 3 is 2.12 bits per heavy atom. The van der Waals surface area contributed by atoms with Crippen molar-refractivity contribution >= 4 is 23.4 Å². The van der Waals surface area contributed by atoms with Gasteiger partial charge in [-0.2, -0.15) is 0 Å². The Morgan fingerprint density at radius 2 is 1.44 bits per heavy atom. The second-order valence-corrected chi connectivity index (χ2v) is 5.82. The van der Waals surface area contributed by atoms with Crippen LogP contribution in [0.1, 0.15) is 21.5 Å². The second kappa shape index (κ2) is 6.29. The van der Waals surface area contributed by atoms with Crippen molar-refractivity contribution in [2.24, 2.45) is 0 Å². The first kappa shape index (κ1) is 15.2. The van der Waals surface area contributed by atoms with Gasteiger partial charge >= 0.3 is 0 Å². The number of nitrogens with zero attached hydrogens (tertiary/aromatic N) is 1. The zero-order valence-electron chi connectivity index (χ0n) is 13.8. The molecule has 0 radical (unpaired) electrons. The number of anilines is 1. The zero-order valence-corrected chi connectivity index (χ0v) is 13.8. The largest absolute Gasteiger partial charge is 0.497 e. The average molecular weight is 327 g/mol. The first-order chi connectivity index (χ1) is 12.3. The van der Waals surface area contributed by atoms with Gasteiger partial charge in [0.15, 0.2) is 0 Å². The van der Waals surface area contributed by atoms with Crippen molar-refractivity contribution in [2.75, 3.05) is 12.0 Å². The molecule has 0 N–H and O–H groups in total. The van der Waals surface area contributed by atoms with E-state index in [0.717, 1.165) is 33.8 Å². The summed E-state index contributed by atoms with van der Waals surface area (Å²) in [5, 5.41) is 0. The van der Waals surface area contributed by atoms with E-state index in [0.29, 0.717) is 0 Å². The highest BCUT2D eigenvalue weighted by Gasteiger charge is 2.32. The fourth-order valence-electron chi connectivity index (χ4n) is 3.08. The van der Waals surface area contributed by atoms with Gasteiger partial charge in [-0.15, -0.1) is 0 Å². The first-order valence-electron chi connectivity index (χ1n) is 8.12. The van der Waals surface area contributed by atoms with E-state index in [1.54, 1.807) is 12.0 Å². The van der Waals surface area contributed by atoms with Crippen LogP contribution in [0.3, 0.4) is 0 Å². The first-order valence-corrected chi connectivity index (χ1v) is 8.12. The Labute approximate surface area is 146 Å². The zero-order chi connectivity index (χ0) is 17.2. The second-order valence-electron chi connectivity index (χ2n) is 5.82. The van der Waals surface area contributed by atoms with Crippen molar-refractivity contribution in [1.82, 2.24) is 0 Å². The van der Waals surface area contributed by atoms with Crippen molar-refractivity contribution in [2.45, 2.75) is 0 Å². The Balaban J connectivity index is 1.86. The van der Waals surface area contributed by atoms with Gasteiger partial charge in [0.05, 0.1) is 12.8 Å². The lowest BCUT2D eigenvalue weighted by Gasteiger charge is -2.19. The predicted molar refractivity (Wildman–Crippen MR) is 101 cm³/mol. The van der Waals surface area contributed by atoms with Crippen LogP contribution in [0, 0.1) is 0 Å². The monoisotopic (exact) mass is 327 g/mol. The topological polar surface area (TPSA) is 29.5 Å². The number of methoxy groups -OCH3 is 1. The molecule has 1 aliphatic heterocycles. The number of hydrogen-bond donors (Lipinski definition) is 0. The van der Waals surface area contributed by atoms with Crippen LogP contribution in [0.5, 0.6) is 5.75 Å². The summed E-state index contributed by atoms with van der Waals surface area (Å²) in [4.78, 5) is 14.8. The van der Waals surface area contributed by atoms with Gasteiger partial charge in [-0.25, -0.2) is 0 Å². The summed E-state index contributed by atoms with van der Waals surface area (Å²) < 4.78 is 5.22. The van der Waals surface area contributed by atoms with E-state index < -0.39 is 0 Å². The van der Waals surface area contributed by atoms with Crippen molar-refractivity contribution in [1.29, 1.82) is 0 Å². The molecule has 0 saturated heterocycles. The fourth-order valence-corrected chi connectivity index (χ4v) is 3.08. The summed E-state index contributed by atoms with van der Waals surface area (Å²) in [5.74, 6) is 0.754. The number of carbonyl (C=O) groups is 1. The van der Waals surface area contributed by atoms with E-state index in [9.17, 15) is 4.79 Å². The van der Waals surface area contributed by atoms with Crippen LogP contribution in [0.25, 0.3) is 11.8 Å². The molecule has 25 heavy (non-hydrogen) atoms. The molecule has 0 aromatic heterocycles. The average Bonchev–Trinajstić information content (AvgIpc) is 2.95. The van der Waals surface area contributed by atoms with Crippen LogP contribution in [-0.2, 0) is 0 Å². The molecule has 0 bridgehead atoms. The maximum Gasteiger partial charge on any atom is 0.263 e. The molecule has 1 aliphatic rings. The van der Waals surface area contributed by atoms with Crippen molar-refractivity contribution in [3.05, 3.63) is 95.6 Å².